The Morgan fingerprint density at radius 1 is 1.00 bits per heavy atom. The highest BCUT2D eigenvalue weighted by molar-refractivity contribution is 4.92. The first kappa shape index (κ1) is 10.8. The summed E-state index contributed by atoms with van der Waals surface area (Å²) in [5.41, 5.74) is 5.26. The van der Waals surface area contributed by atoms with Crippen LogP contribution in [0.15, 0.2) is 0 Å². The van der Waals surface area contributed by atoms with Gasteiger partial charge in [-0.1, -0.05) is 0 Å². The molecule has 0 aromatic carbocycles. The number of hydrogen-bond acceptors (Lipinski definition) is 6. The Bertz CT molecular complexity index is 147. The Balaban J connectivity index is 2.66. The topological polar surface area (TPSA) is 116 Å². The molecule has 0 bridgehead atoms. The van der Waals surface area contributed by atoms with E-state index >= 15 is 0 Å². The molecule has 1 aliphatic rings. The van der Waals surface area contributed by atoms with Gasteiger partial charge in [0.05, 0.1) is 12.7 Å². The molecule has 0 saturated carbocycles. The minimum atomic E-state index is -1.32. The highest BCUT2D eigenvalue weighted by atomic mass is 16.5. The molecule has 0 aliphatic carbocycles. The molecule has 6 N–H and O–H groups in total. The molecule has 0 spiro atoms. The summed E-state index contributed by atoms with van der Waals surface area (Å²) < 4.78 is 5.04. The smallest absolute Gasteiger partial charge is 0.111 e. The Morgan fingerprint density at radius 3 is 2.00 bits per heavy atom. The minimum absolute atomic E-state index is 0.0292. The van der Waals surface area contributed by atoms with Crippen molar-refractivity contribution in [3.63, 3.8) is 0 Å². The van der Waals surface area contributed by atoms with Crippen LogP contribution in [0, 0.1) is 0 Å². The SMILES string of the molecule is NCC1O[C@H](CO)[C@@H](O)[C@H](O)[C@H]1O. The van der Waals surface area contributed by atoms with Crippen LogP contribution in [0.3, 0.4) is 0 Å². The Morgan fingerprint density at radius 2 is 1.54 bits per heavy atom. The molecule has 1 heterocycles. The first-order valence-corrected chi connectivity index (χ1v) is 4.12. The summed E-state index contributed by atoms with van der Waals surface area (Å²) in [6.45, 7) is -0.386. The van der Waals surface area contributed by atoms with Crippen molar-refractivity contribution < 1.29 is 25.2 Å². The van der Waals surface area contributed by atoms with Crippen molar-refractivity contribution in [2.45, 2.75) is 30.5 Å². The number of rotatable bonds is 2. The van der Waals surface area contributed by atoms with Crippen molar-refractivity contribution in [3.05, 3.63) is 0 Å². The van der Waals surface area contributed by atoms with Gasteiger partial charge < -0.3 is 30.9 Å². The van der Waals surface area contributed by atoms with E-state index in [0.29, 0.717) is 0 Å². The number of aliphatic hydroxyl groups is 4. The quantitative estimate of drug-likeness (QED) is 0.315. The standard InChI is InChI=1S/C7H15NO5/c8-1-3-5(10)7(12)6(11)4(2-9)13-3/h3-7,9-12H,1-2,8H2/t3?,4-,5+,6-,7-/m1/s1. The lowest BCUT2D eigenvalue weighted by Crippen LogP contribution is -2.60. The van der Waals surface area contributed by atoms with Crippen molar-refractivity contribution in [2.75, 3.05) is 13.2 Å². The molecule has 0 aromatic rings. The van der Waals surface area contributed by atoms with Gasteiger partial charge in [-0.2, -0.15) is 0 Å². The van der Waals surface area contributed by atoms with Gasteiger partial charge in [0.1, 0.15) is 24.4 Å². The summed E-state index contributed by atoms with van der Waals surface area (Å²) in [5, 5.41) is 36.7. The maximum atomic E-state index is 9.32. The van der Waals surface area contributed by atoms with Crippen LogP contribution in [-0.4, -0.2) is 64.1 Å². The number of aliphatic hydroxyl groups excluding tert-OH is 4. The predicted octanol–water partition coefficient (Wildman–Crippen LogP) is -3.21. The predicted molar refractivity (Wildman–Crippen MR) is 42.8 cm³/mol. The third-order valence-electron chi connectivity index (χ3n) is 2.22. The van der Waals surface area contributed by atoms with Gasteiger partial charge in [-0.25, -0.2) is 0 Å². The van der Waals surface area contributed by atoms with Crippen LogP contribution in [0.1, 0.15) is 0 Å². The fraction of sp³-hybridized carbons (Fsp3) is 1.00. The molecular formula is C7H15NO5. The maximum Gasteiger partial charge on any atom is 0.111 e. The van der Waals surface area contributed by atoms with E-state index in [-0.39, 0.29) is 6.54 Å². The summed E-state index contributed by atoms with van der Waals surface area (Å²) in [6.07, 6.45) is -5.42. The third kappa shape index (κ3) is 1.98. The van der Waals surface area contributed by atoms with Gasteiger partial charge in [0.2, 0.25) is 0 Å². The lowest BCUT2D eigenvalue weighted by Gasteiger charge is -2.39. The first-order chi connectivity index (χ1) is 6.11. The van der Waals surface area contributed by atoms with E-state index < -0.39 is 37.1 Å². The van der Waals surface area contributed by atoms with Crippen LogP contribution in [0.25, 0.3) is 0 Å². The summed E-state index contributed by atoms with van der Waals surface area (Å²) in [5.74, 6) is 0. The Labute approximate surface area is 75.6 Å². The molecule has 0 aromatic heterocycles. The van der Waals surface area contributed by atoms with E-state index in [4.69, 9.17) is 15.6 Å². The normalized spacial score (nSPS) is 46.4. The largest absolute Gasteiger partial charge is 0.394 e. The van der Waals surface area contributed by atoms with E-state index in [0.717, 1.165) is 0 Å². The Hall–Kier alpha value is -0.240. The lowest BCUT2D eigenvalue weighted by molar-refractivity contribution is -0.226. The molecule has 0 amide bonds. The Kier molecular flexibility index (Phi) is 3.60. The number of ether oxygens (including phenoxy) is 1. The summed E-state index contributed by atoms with van der Waals surface area (Å²) in [6, 6.07) is 0. The average Bonchev–Trinajstić information content (AvgIpc) is 2.15. The van der Waals surface area contributed by atoms with Gasteiger partial charge in [0, 0.05) is 6.54 Å². The van der Waals surface area contributed by atoms with Crippen molar-refractivity contribution in [3.8, 4) is 0 Å². The number of hydrogen-bond donors (Lipinski definition) is 5. The van der Waals surface area contributed by atoms with Gasteiger partial charge in [-0.15, -0.1) is 0 Å². The van der Waals surface area contributed by atoms with Gasteiger partial charge in [0.25, 0.3) is 0 Å². The molecule has 1 rings (SSSR count). The van der Waals surface area contributed by atoms with Crippen LogP contribution in [-0.2, 0) is 4.74 Å². The second kappa shape index (κ2) is 4.32. The van der Waals surface area contributed by atoms with Crippen LogP contribution in [0.2, 0.25) is 0 Å². The van der Waals surface area contributed by atoms with E-state index in [1.54, 1.807) is 0 Å². The monoisotopic (exact) mass is 193 g/mol. The van der Waals surface area contributed by atoms with E-state index in [1.807, 2.05) is 0 Å². The first-order valence-electron chi connectivity index (χ1n) is 4.12. The molecule has 6 nitrogen and oxygen atoms in total. The highest BCUT2D eigenvalue weighted by Crippen LogP contribution is 2.20. The molecule has 78 valence electrons. The van der Waals surface area contributed by atoms with Crippen molar-refractivity contribution in [2.24, 2.45) is 5.73 Å². The lowest BCUT2D eigenvalue weighted by atomic mass is 9.95. The minimum Gasteiger partial charge on any atom is -0.394 e. The van der Waals surface area contributed by atoms with Crippen molar-refractivity contribution in [1.29, 1.82) is 0 Å². The summed E-state index contributed by atoms with van der Waals surface area (Å²) >= 11 is 0. The zero-order valence-electron chi connectivity index (χ0n) is 7.08. The summed E-state index contributed by atoms with van der Waals surface area (Å²) in [7, 11) is 0. The van der Waals surface area contributed by atoms with Crippen LogP contribution < -0.4 is 5.73 Å². The van der Waals surface area contributed by atoms with Gasteiger partial charge in [0.15, 0.2) is 0 Å². The maximum absolute atomic E-state index is 9.32. The zero-order chi connectivity index (χ0) is 10.0. The van der Waals surface area contributed by atoms with Crippen LogP contribution >= 0.6 is 0 Å². The highest BCUT2D eigenvalue weighted by Gasteiger charge is 2.42. The fourth-order valence-electron chi connectivity index (χ4n) is 1.37. The van der Waals surface area contributed by atoms with Gasteiger partial charge in [-0.3, -0.25) is 0 Å². The van der Waals surface area contributed by atoms with Crippen LogP contribution in [0.5, 0.6) is 0 Å². The average molecular weight is 193 g/mol. The second-order valence-electron chi connectivity index (χ2n) is 3.10. The molecule has 13 heavy (non-hydrogen) atoms. The molecule has 5 atom stereocenters. The van der Waals surface area contributed by atoms with Crippen molar-refractivity contribution >= 4 is 0 Å². The zero-order valence-corrected chi connectivity index (χ0v) is 7.08. The molecule has 1 aliphatic heterocycles. The van der Waals surface area contributed by atoms with E-state index in [1.165, 1.54) is 0 Å². The molecule has 6 heteroatoms. The van der Waals surface area contributed by atoms with Gasteiger partial charge in [-0.05, 0) is 0 Å². The third-order valence-corrected chi connectivity index (χ3v) is 2.22. The van der Waals surface area contributed by atoms with Gasteiger partial charge >= 0.3 is 0 Å². The fourth-order valence-corrected chi connectivity index (χ4v) is 1.37. The second-order valence-corrected chi connectivity index (χ2v) is 3.10. The number of nitrogens with two attached hydrogens (primary N) is 1. The van der Waals surface area contributed by atoms with E-state index in [9.17, 15) is 15.3 Å². The molecule has 1 saturated heterocycles. The summed E-state index contributed by atoms with van der Waals surface area (Å²) in [4.78, 5) is 0. The van der Waals surface area contributed by atoms with E-state index in [2.05, 4.69) is 0 Å². The van der Waals surface area contributed by atoms with Crippen LogP contribution in [0.4, 0.5) is 0 Å². The molecular weight excluding hydrogens is 178 g/mol. The molecule has 1 unspecified atom stereocenters. The molecule has 1 fully saturated rings. The molecule has 0 radical (unpaired) electrons. The van der Waals surface area contributed by atoms with Crippen molar-refractivity contribution in [1.82, 2.24) is 0 Å².